The Hall–Kier alpha value is -0.153. The first kappa shape index (κ1) is 20.3. The van der Waals surface area contributed by atoms with Crippen molar-refractivity contribution in [2.45, 2.75) is 18.4 Å². The number of hydrogen-bond acceptors (Lipinski definition) is 4. The smallest absolute Gasteiger partial charge is 1.00 e. The summed E-state index contributed by atoms with van der Waals surface area (Å²) in [6.07, 6.45) is -2.29. The minimum atomic E-state index is -2.74. The number of aliphatic hydroxyl groups is 1. The van der Waals surface area contributed by atoms with Gasteiger partial charge in [0.2, 0.25) is 0 Å². The summed E-state index contributed by atoms with van der Waals surface area (Å²) in [5, 5.41) is 33.8. The van der Waals surface area contributed by atoms with Crippen LogP contribution >= 0.6 is 0 Å². The van der Waals surface area contributed by atoms with E-state index in [0.717, 1.165) is 0 Å². The molecule has 0 saturated carbocycles. The topological polar surface area (TPSA) is 132 Å². The Balaban J connectivity index is -0.000000120. The van der Waals surface area contributed by atoms with Gasteiger partial charge in [-0.15, -0.1) is 0 Å². The maximum atomic E-state index is 10.3. The van der Waals surface area contributed by atoms with E-state index in [0.29, 0.717) is 0 Å². The van der Waals surface area contributed by atoms with Crippen molar-refractivity contribution >= 4 is 66.6 Å². The van der Waals surface area contributed by atoms with Crippen LogP contribution in [-0.4, -0.2) is 92.6 Å². The molecular weight excluding hydrogens is 252 g/mol. The Kier molecular flexibility index (Phi) is 10.9. The van der Waals surface area contributed by atoms with Crippen LogP contribution in [0.15, 0.2) is 0 Å². The zero-order chi connectivity index (χ0) is 10.6. The molecule has 0 radical (unpaired) electrons. The SMILES string of the molecule is O=C(O)CC(O)(CC(=O)O)C(=O)O.[Ca+2].[H-].[H-].[SiH4]. The van der Waals surface area contributed by atoms with Crippen molar-refractivity contribution in [1.29, 1.82) is 0 Å². The van der Waals surface area contributed by atoms with E-state index in [1.165, 1.54) is 0 Å². The molecule has 15 heavy (non-hydrogen) atoms. The zero-order valence-electron chi connectivity index (χ0n) is 9.13. The predicted octanol–water partition coefficient (Wildman–Crippen LogP) is -2.86. The fourth-order valence-electron chi connectivity index (χ4n) is 0.714. The second-order valence-electron chi connectivity index (χ2n) is 2.48. The summed E-state index contributed by atoms with van der Waals surface area (Å²) in [5.41, 5.74) is -2.74. The van der Waals surface area contributed by atoms with Gasteiger partial charge >= 0.3 is 55.6 Å². The number of aliphatic carboxylic acids is 3. The summed E-state index contributed by atoms with van der Waals surface area (Å²) in [7, 11) is 0. The molecule has 0 aliphatic carbocycles. The molecule has 0 saturated heterocycles. The van der Waals surface area contributed by atoms with Crippen LogP contribution in [0.5, 0.6) is 0 Å². The molecule has 0 rings (SSSR count). The van der Waals surface area contributed by atoms with E-state index in [-0.39, 0.29) is 51.6 Å². The first-order valence-electron chi connectivity index (χ1n) is 3.17. The second kappa shape index (κ2) is 8.05. The minimum Gasteiger partial charge on any atom is -1.00 e. The maximum absolute atomic E-state index is 10.3. The van der Waals surface area contributed by atoms with Crippen molar-refractivity contribution in [2.75, 3.05) is 0 Å². The van der Waals surface area contributed by atoms with Gasteiger partial charge in [-0.2, -0.15) is 0 Å². The molecule has 0 aromatic carbocycles. The van der Waals surface area contributed by atoms with Crippen molar-refractivity contribution in [3.05, 3.63) is 0 Å². The number of carboxylic acids is 3. The second-order valence-corrected chi connectivity index (χ2v) is 2.48. The summed E-state index contributed by atoms with van der Waals surface area (Å²) in [5.74, 6) is -5.02. The molecule has 0 aliphatic heterocycles. The molecule has 9 heteroatoms. The third-order valence-electron chi connectivity index (χ3n) is 1.29. The van der Waals surface area contributed by atoms with Gasteiger partial charge in [0.05, 0.1) is 12.8 Å². The third kappa shape index (κ3) is 7.74. The normalized spacial score (nSPS) is 9.40. The Morgan fingerprint density at radius 2 is 1.27 bits per heavy atom. The van der Waals surface area contributed by atoms with Crippen LogP contribution in [-0.2, 0) is 14.4 Å². The first-order valence-corrected chi connectivity index (χ1v) is 3.17. The monoisotopic (exact) mass is 266 g/mol. The van der Waals surface area contributed by atoms with E-state index in [1.807, 2.05) is 0 Å². The molecule has 0 heterocycles. The van der Waals surface area contributed by atoms with Gasteiger partial charge in [0.1, 0.15) is 0 Å². The summed E-state index contributed by atoms with van der Waals surface area (Å²) in [4.78, 5) is 30.5. The van der Waals surface area contributed by atoms with Crippen LogP contribution in [0.4, 0.5) is 0 Å². The minimum absolute atomic E-state index is 0. The van der Waals surface area contributed by atoms with Crippen LogP contribution < -0.4 is 0 Å². The van der Waals surface area contributed by atoms with Crippen molar-refractivity contribution in [1.82, 2.24) is 0 Å². The molecule has 0 unspecified atom stereocenters. The van der Waals surface area contributed by atoms with E-state index in [1.54, 1.807) is 0 Å². The van der Waals surface area contributed by atoms with Crippen LogP contribution in [0.2, 0.25) is 0 Å². The predicted molar refractivity (Wildman–Crippen MR) is 56.4 cm³/mol. The van der Waals surface area contributed by atoms with E-state index in [4.69, 9.17) is 20.4 Å². The van der Waals surface area contributed by atoms with Gasteiger partial charge in [-0.3, -0.25) is 9.59 Å². The number of carbonyl (C=O) groups is 3. The maximum Gasteiger partial charge on any atom is 2.00 e. The molecule has 86 valence electrons. The molecule has 7 nitrogen and oxygen atoms in total. The van der Waals surface area contributed by atoms with Gasteiger partial charge in [0, 0.05) is 0 Å². The Morgan fingerprint density at radius 1 is 1.00 bits per heavy atom. The Morgan fingerprint density at radius 3 is 1.40 bits per heavy atom. The quantitative estimate of drug-likeness (QED) is 0.394. The molecule has 0 fully saturated rings. The van der Waals surface area contributed by atoms with Gasteiger partial charge < -0.3 is 23.3 Å². The standard InChI is InChI=1S/C6H8O7.Ca.H4Si.2H/c7-3(8)1-6(13,5(11)12)2-4(9)10;;;;/h13H,1-2H2,(H,7,8)(H,9,10)(H,11,12);;1H4;;/q;+2;;2*-1. The summed E-state index contributed by atoms with van der Waals surface area (Å²) < 4.78 is 0. The number of carboxylic acid groups (broad SMARTS) is 3. The fourth-order valence-corrected chi connectivity index (χ4v) is 0.714. The van der Waals surface area contributed by atoms with Crippen molar-refractivity contribution in [3.8, 4) is 0 Å². The molecular formula is C6H14CaO7Si. The molecule has 0 atom stereocenters. The Labute approximate surface area is 122 Å². The van der Waals surface area contributed by atoms with E-state index in [9.17, 15) is 14.4 Å². The third-order valence-corrected chi connectivity index (χ3v) is 1.29. The summed E-state index contributed by atoms with van der Waals surface area (Å²) in [6.45, 7) is 0. The van der Waals surface area contributed by atoms with Crippen molar-refractivity contribution in [3.63, 3.8) is 0 Å². The van der Waals surface area contributed by atoms with Crippen LogP contribution in [0.3, 0.4) is 0 Å². The molecule has 0 aliphatic rings. The van der Waals surface area contributed by atoms with Gasteiger partial charge in [-0.1, -0.05) is 0 Å². The van der Waals surface area contributed by atoms with Crippen LogP contribution in [0.1, 0.15) is 15.7 Å². The fraction of sp³-hybridized carbons (Fsp3) is 0.500. The average Bonchev–Trinajstić information content (AvgIpc) is 1.82. The molecule has 0 amide bonds. The molecule has 0 spiro atoms. The number of rotatable bonds is 5. The van der Waals surface area contributed by atoms with Gasteiger partial charge in [0.25, 0.3) is 0 Å². The van der Waals surface area contributed by atoms with Crippen molar-refractivity contribution < 1.29 is 37.7 Å². The van der Waals surface area contributed by atoms with Gasteiger partial charge in [-0.25, -0.2) is 4.79 Å². The molecule has 0 aromatic rings. The largest absolute Gasteiger partial charge is 2.00 e. The van der Waals surface area contributed by atoms with Gasteiger partial charge in [0.15, 0.2) is 5.60 Å². The van der Waals surface area contributed by atoms with Gasteiger partial charge in [-0.05, 0) is 11.0 Å². The summed E-state index contributed by atoms with van der Waals surface area (Å²) in [6, 6.07) is 0. The zero-order valence-corrected chi connectivity index (χ0v) is 9.34. The molecule has 0 bridgehead atoms. The Bertz CT molecular complexity index is 247. The van der Waals surface area contributed by atoms with E-state index in [2.05, 4.69) is 0 Å². The average molecular weight is 266 g/mol. The van der Waals surface area contributed by atoms with E-state index >= 15 is 0 Å². The van der Waals surface area contributed by atoms with Crippen LogP contribution in [0, 0.1) is 0 Å². The molecule has 4 N–H and O–H groups in total. The summed E-state index contributed by atoms with van der Waals surface area (Å²) >= 11 is 0. The number of hydrogen-bond donors (Lipinski definition) is 4. The van der Waals surface area contributed by atoms with Crippen LogP contribution in [0.25, 0.3) is 0 Å². The molecule has 0 aromatic heterocycles. The van der Waals surface area contributed by atoms with E-state index < -0.39 is 36.4 Å². The van der Waals surface area contributed by atoms with Crippen molar-refractivity contribution in [2.24, 2.45) is 0 Å². The first-order chi connectivity index (χ1) is 5.78.